The van der Waals surface area contributed by atoms with E-state index in [1.807, 2.05) is 12.1 Å². The molecule has 0 aliphatic carbocycles. The Morgan fingerprint density at radius 1 is 1.05 bits per heavy atom. The van der Waals surface area contributed by atoms with E-state index < -0.39 is 0 Å². The molecular weight excluding hydrogens is 414 g/mol. The Balaban J connectivity index is 0.00000147. The topological polar surface area (TPSA) is 92.1 Å². The van der Waals surface area contributed by atoms with E-state index in [0.29, 0.717) is 6.42 Å². The van der Waals surface area contributed by atoms with Crippen LogP contribution in [0, 0.1) is 0 Å². The first-order valence-corrected chi connectivity index (χ1v) is 7.17. The van der Waals surface area contributed by atoms with Crippen LogP contribution >= 0.6 is 32.9 Å². The summed E-state index contributed by atoms with van der Waals surface area (Å²) in [5, 5.41) is 2.91. The van der Waals surface area contributed by atoms with Gasteiger partial charge < -0.3 is 16.3 Å². The van der Waals surface area contributed by atoms with Crippen molar-refractivity contribution in [3.63, 3.8) is 0 Å². The van der Waals surface area contributed by atoms with Gasteiger partial charge in [0.25, 0.3) is 0 Å². The predicted molar refractivity (Wildman–Crippen MR) is 97.9 cm³/mol. The second-order valence-electron chi connectivity index (χ2n) is 4.81. The third-order valence-electron chi connectivity index (χ3n) is 3.42. The van der Waals surface area contributed by atoms with E-state index in [-0.39, 0.29) is 33.8 Å². The number of aryl methyl sites for hydroxylation is 1. The lowest BCUT2D eigenvalue weighted by Gasteiger charge is -2.17. The number of carbonyl (C=O) groups excluding carboxylic acids is 1. The average Bonchev–Trinajstić information content (AvgIpc) is 2.41. The molecule has 6 heteroatoms. The lowest BCUT2D eigenvalue weighted by molar-refractivity contribution is -0.116. The van der Waals surface area contributed by atoms with Crippen LogP contribution in [-0.4, -0.2) is 16.9 Å². The number of halogens is 2. The molecule has 120 valence electrons. The van der Waals surface area contributed by atoms with Crippen molar-refractivity contribution in [2.75, 3.05) is 5.32 Å². The maximum Gasteiger partial charge on any atom is 0.224 e. The Morgan fingerprint density at radius 3 is 2.50 bits per heavy atom. The van der Waals surface area contributed by atoms with Gasteiger partial charge >= 0.3 is 0 Å². The van der Waals surface area contributed by atoms with Gasteiger partial charge in [-0.2, -0.15) is 0 Å². The molecule has 22 heavy (non-hydrogen) atoms. The first-order chi connectivity index (χ1) is 9.22. The molecule has 0 saturated heterocycles. The standard InChI is InChI=1S/C16H14BrNO.BrH.2H2O/c17-14-4-2-1-3-12(14)9-11-5-7-15-13(10-11)6-8-16(19)18-15;;;/h1-5,7,10H,6,8-9H2,(H,18,19);1H;2*1H2. The first kappa shape index (κ1) is 20.8. The number of rotatable bonds is 2. The predicted octanol–water partition coefficient (Wildman–Crippen LogP) is 2.85. The van der Waals surface area contributed by atoms with Gasteiger partial charge in [-0.25, -0.2) is 0 Å². The minimum Gasteiger partial charge on any atom is -0.412 e. The van der Waals surface area contributed by atoms with E-state index in [9.17, 15) is 4.79 Å². The number of anilines is 1. The largest absolute Gasteiger partial charge is 0.412 e. The molecule has 1 aliphatic heterocycles. The van der Waals surface area contributed by atoms with E-state index in [0.717, 1.165) is 23.0 Å². The van der Waals surface area contributed by atoms with Gasteiger partial charge in [0.1, 0.15) is 0 Å². The van der Waals surface area contributed by atoms with Crippen molar-refractivity contribution in [1.29, 1.82) is 0 Å². The van der Waals surface area contributed by atoms with Gasteiger partial charge in [-0.1, -0.05) is 46.3 Å². The van der Waals surface area contributed by atoms with Crippen LogP contribution in [0.25, 0.3) is 0 Å². The zero-order valence-corrected chi connectivity index (χ0v) is 15.2. The van der Waals surface area contributed by atoms with E-state index in [1.165, 1.54) is 16.7 Å². The summed E-state index contributed by atoms with van der Waals surface area (Å²) in [6, 6.07) is 14.6. The van der Waals surface area contributed by atoms with Crippen molar-refractivity contribution in [3.05, 3.63) is 63.6 Å². The van der Waals surface area contributed by atoms with Crippen molar-refractivity contribution in [2.24, 2.45) is 0 Å². The number of hydrogen-bond donors (Lipinski definition) is 1. The highest BCUT2D eigenvalue weighted by molar-refractivity contribution is 9.10. The monoisotopic (exact) mass is 431 g/mol. The molecular formula is C16H19Br2NO3. The van der Waals surface area contributed by atoms with Crippen molar-refractivity contribution < 1.29 is 15.7 Å². The normalized spacial score (nSPS) is 12.0. The van der Waals surface area contributed by atoms with Crippen molar-refractivity contribution in [3.8, 4) is 0 Å². The highest BCUT2D eigenvalue weighted by Crippen LogP contribution is 2.26. The summed E-state index contributed by atoms with van der Waals surface area (Å²) in [7, 11) is 0. The SMILES string of the molecule is Br.O.O.O=C1CCc2cc(Cc3ccccc3Br)ccc2N1. The summed E-state index contributed by atoms with van der Waals surface area (Å²) < 4.78 is 1.14. The Kier molecular flexibility index (Phi) is 8.55. The molecule has 0 aromatic heterocycles. The second-order valence-corrected chi connectivity index (χ2v) is 5.66. The molecule has 0 saturated carbocycles. The third-order valence-corrected chi connectivity index (χ3v) is 4.19. The second kappa shape index (κ2) is 9.05. The van der Waals surface area contributed by atoms with E-state index >= 15 is 0 Å². The van der Waals surface area contributed by atoms with Crippen LogP contribution < -0.4 is 5.32 Å². The van der Waals surface area contributed by atoms with Crippen LogP contribution in [0.5, 0.6) is 0 Å². The fourth-order valence-corrected chi connectivity index (χ4v) is 2.83. The summed E-state index contributed by atoms with van der Waals surface area (Å²) in [6.07, 6.45) is 2.33. The number of fused-ring (bicyclic) bond motifs is 1. The lowest BCUT2D eigenvalue weighted by Crippen LogP contribution is -2.18. The smallest absolute Gasteiger partial charge is 0.224 e. The molecule has 1 heterocycles. The summed E-state index contributed by atoms with van der Waals surface area (Å²) in [4.78, 5) is 11.3. The molecule has 1 aliphatic rings. The van der Waals surface area contributed by atoms with Gasteiger partial charge in [0.2, 0.25) is 5.91 Å². The van der Waals surface area contributed by atoms with Crippen LogP contribution in [0.3, 0.4) is 0 Å². The van der Waals surface area contributed by atoms with Crippen molar-refractivity contribution >= 4 is 44.5 Å². The Labute approximate surface area is 148 Å². The zero-order chi connectivity index (χ0) is 13.2. The summed E-state index contributed by atoms with van der Waals surface area (Å²) in [5.74, 6) is 0.117. The number of hydrogen-bond acceptors (Lipinski definition) is 1. The first-order valence-electron chi connectivity index (χ1n) is 6.37. The van der Waals surface area contributed by atoms with Gasteiger partial charge in [-0.05, 0) is 41.7 Å². The molecule has 4 nitrogen and oxygen atoms in total. The highest BCUT2D eigenvalue weighted by atomic mass is 79.9. The molecule has 0 fully saturated rings. The summed E-state index contributed by atoms with van der Waals surface area (Å²) >= 11 is 3.58. The minimum atomic E-state index is 0. The maximum absolute atomic E-state index is 11.3. The van der Waals surface area contributed by atoms with Gasteiger partial charge in [-0.15, -0.1) is 17.0 Å². The van der Waals surface area contributed by atoms with Crippen LogP contribution in [0.1, 0.15) is 23.1 Å². The van der Waals surface area contributed by atoms with Crippen LogP contribution in [-0.2, 0) is 17.6 Å². The summed E-state index contributed by atoms with van der Waals surface area (Å²) in [5.41, 5.74) is 4.76. The van der Waals surface area contributed by atoms with Crippen LogP contribution in [0.2, 0.25) is 0 Å². The number of amides is 1. The Morgan fingerprint density at radius 2 is 1.77 bits per heavy atom. The van der Waals surface area contributed by atoms with Crippen molar-refractivity contribution in [2.45, 2.75) is 19.3 Å². The van der Waals surface area contributed by atoms with Gasteiger partial charge in [0, 0.05) is 16.6 Å². The lowest BCUT2D eigenvalue weighted by atomic mass is 9.97. The highest BCUT2D eigenvalue weighted by Gasteiger charge is 2.14. The molecule has 0 atom stereocenters. The molecule has 2 aromatic rings. The van der Waals surface area contributed by atoms with Gasteiger partial charge in [0.05, 0.1) is 0 Å². The van der Waals surface area contributed by atoms with Crippen molar-refractivity contribution in [1.82, 2.24) is 0 Å². The molecule has 0 radical (unpaired) electrons. The van der Waals surface area contributed by atoms with E-state index in [4.69, 9.17) is 0 Å². The molecule has 5 N–H and O–H groups in total. The third kappa shape index (κ3) is 4.64. The number of nitrogens with one attached hydrogen (secondary N) is 1. The number of carbonyl (C=O) groups is 1. The fourth-order valence-electron chi connectivity index (χ4n) is 2.41. The Hall–Kier alpha value is -1.21. The molecule has 2 aromatic carbocycles. The van der Waals surface area contributed by atoms with Crippen LogP contribution in [0.4, 0.5) is 5.69 Å². The minimum absolute atomic E-state index is 0. The quantitative estimate of drug-likeness (QED) is 0.776. The molecule has 3 rings (SSSR count). The maximum atomic E-state index is 11.3. The molecule has 0 spiro atoms. The Bertz CT molecular complexity index is 647. The van der Waals surface area contributed by atoms with Crippen LogP contribution in [0.15, 0.2) is 46.9 Å². The van der Waals surface area contributed by atoms with E-state index in [1.54, 1.807) is 0 Å². The average molecular weight is 433 g/mol. The fraction of sp³-hybridized carbons (Fsp3) is 0.188. The van der Waals surface area contributed by atoms with Gasteiger partial charge in [0.15, 0.2) is 0 Å². The molecule has 1 amide bonds. The van der Waals surface area contributed by atoms with E-state index in [2.05, 4.69) is 51.6 Å². The molecule has 0 bridgehead atoms. The zero-order valence-electron chi connectivity index (χ0n) is 11.9. The summed E-state index contributed by atoms with van der Waals surface area (Å²) in [6.45, 7) is 0. The van der Waals surface area contributed by atoms with Gasteiger partial charge in [-0.3, -0.25) is 4.79 Å². The molecule has 0 unspecified atom stereocenters. The number of benzene rings is 2.